The van der Waals surface area contributed by atoms with Crippen LogP contribution in [0.5, 0.6) is 0 Å². The van der Waals surface area contributed by atoms with E-state index in [1.165, 1.54) is 0 Å². The van der Waals surface area contributed by atoms with Gasteiger partial charge in [0, 0.05) is 41.4 Å². The highest BCUT2D eigenvalue weighted by atomic mass is 16.7. The number of hydrogen-bond donors (Lipinski definition) is 1. The smallest absolute Gasteiger partial charge is 0.160 e. The summed E-state index contributed by atoms with van der Waals surface area (Å²) in [7, 11) is 0. The number of hydrogen-bond acceptors (Lipinski definition) is 10. The van der Waals surface area contributed by atoms with Gasteiger partial charge in [0.15, 0.2) is 31.5 Å². The van der Waals surface area contributed by atoms with Crippen molar-refractivity contribution in [1.82, 2.24) is 0 Å². The molecule has 10 nitrogen and oxygen atoms in total. The van der Waals surface area contributed by atoms with Crippen molar-refractivity contribution >= 4 is 0 Å². The first-order valence-corrected chi connectivity index (χ1v) is 22.2. The van der Waals surface area contributed by atoms with Gasteiger partial charge in [-0.3, -0.25) is 0 Å². The van der Waals surface area contributed by atoms with Crippen molar-refractivity contribution in [2.45, 2.75) is 173 Å². The van der Waals surface area contributed by atoms with Crippen molar-refractivity contribution < 1.29 is 47.7 Å². The number of aliphatic hydroxyl groups is 1. The second-order valence-corrected chi connectivity index (χ2v) is 19.5. The molecule has 25 atom stereocenters. The fourth-order valence-corrected chi connectivity index (χ4v) is 10.2. The van der Waals surface area contributed by atoms with Crippen LogP contribution >= 0.6 is 0 Å². The molecule has 1 N–H and O–H groups in total. The predicted octanol–water partition coefficient (Wildman–Crippen LogP) is 8.23. The molecule has 5 heterocycles. The molecular formula is C45H82O10. The van der Waals surface area contributed by atoms with Crippen LogP contribution in [0.15, 0.2) is 0 Å². The third kappa shape index (κ3) is 9.98. The number of aliphatic hydroxyl groups excluding tert-OH is 1. The molecule has 0 aromatic rings. The fraction of sp³-hybridized carbons (Fsp3) is 1.00. The van der Waals surface area contributed by atoms with Gasteiger partial charge in [0.05, 0.1) is 56.9 Å². The Balaban J connectivity index is 1.15. The van der Waals surface area contributed by atoms with Crippen molar-refractivity contribution in [3.05, 3.63) is 0 Å². The Morgan fingerprint density at radius 2 is 0.673 bits per heavy atom. The van der Waals surface area contributed by atoms with Gasteiger partial charge in [-0.2, -0.15) is 0 Å². The van der Waals surface area contributed by atoms with Crippen LogP contribution in [-0.2, 0) is 42.6 Å². The molecule has 0 bridgehead atoms. The van der Waals surface area contributed by atoms with E-state index in [1.54, 1.807) is 0 Å². The topological polar surface area (TPSA) is 103 Å². The third-order valence-electron chi connectivity index (χ3n) is 16.6. The SMILES string of the molecule is CC1O[C@@H](OC[C@@H]2C(C)O[C@@H](OC[C@H]3C(C)[C@H](OC[C@H]4C(CO[C@@H]5OC(C)[C@H](C)[C@@H](C)C5C)OC(O)C(C)[C@@H]4C)OC(C)[C@@H]3C)C(C)[C@H]2C)C(C)[C@@H](C)[C@@H]1C. The molecule has 0 spiro atoms. The molecule has 0 radical (unpaired) electrons. The van der Waals surface area contributed by atoms with Crippen LogP contribution in [0.3, 0.4) is 0 Å². The van der Waals surface area contributed by atoms with Crippen LogP contribution in [0.4, 0.5) is 0 Å². The lowest BCUT2D eigenvalue weighted by Gasteiger charge is -2.48. The molecular weight excluding hydrogens is 700 g/mol. The molecule has 10 heteroatoms. The number of rotatable bonds is 12. The van der Waals surface area contributed by atoms with E-state index in [0.29, 0.717) is 61.9 Å². The standard InChI is InChI=1S/C45H82O10/c1-21-23(3)33(13)51-42(28(21)8)48-18-38-26(6)30(10)44(54-36(38)16)47-17-37-31(11)35(15)53-45(32(37)12)49-19-39-25(5)27(7)41(46)55-40(39)20-50-43-29(9)22(2)24(4)34(14)52-43/h21-46H,17-20H2,1-16H3/t21-,22+,23-,24+,25-,26+,27?,28?,29?,30?,31-,32?,33?,34?,35?,36?,37+,38-,39+,40?,41?,42+,43+,44+,45+/m0/s1. The molecule has 5 rings (SSSR count). The van der Waals surface area contributed by atoms with Crippen molar-refractivity contribution in [2.75, 3.05) is 26.4 Å². The Bertz CT molecular complexity index is 1170. The largest absolute Gasteiger partial charge is 0.368 e. The zero-order valence-corrected chi connectivity index (χ0v) is 37.4. The first-order chi connectivity index (χ1) is 25.8. The summed E-state index contributed by atoms with van der Waals surface area (Å²) in [6, 6.07) is 0. The zero-order chi connectivity index (χ0) is 40.6. The quantitative estimate of drug-likeness (QED) is 0.208. The van der Waals surface area contributed by atoms with Gasteiger partial charge >= 0.3 is 0 Å². The Labute approximate surface area is 335 Å². The van der Waals surface area contributed by atoms with Crippen LogP contribution in [-0.4, -0.2) is 93.5 Å². The lowest BCUT2D eigenvalue weighted by atomic mass is 9.77. The summed E-state index contributed by atoms with van der Waals surface area (Å²) in [5.74, 6) is 4.21. The third-order valence-corrected chi connectivity index (χ3v) is 16.6. The summed E-state index contributed by atoms with van der Waals surface area (Å²) in [5, 5.41) is 10.8. The van der Waals surface area contributed by atoms with Gasteiger partial charge in [0.25, 0.3) is 0 Å². The van der Waals surface area contributed by atoms with E-state index in [-0.39, 0.29) is 109 Å². The van der Waals surface area contributed by atoms with Crippen LogP contribution in [0.2, 0.25) is 0 Å². The monoisotopic (exact) mass is 783 g/mol. The highest BCUT2D eigenvalue weighted by molar-refractivity contribution is 4.90. The second kappa shape index (κ2) is 19.3. The van der Waals surface area contributed by atoms with Crippen molar-refractivity contribution in [3.63, 3.8) is 0 Å². The van der Waals surface area contributed by atoms with E-state index in [0.717, 1.165) is 0 Å². The molecule has 0 aliphatic carbocycles. The molecule has 0 aromatic heterocycles. The van der Waals surface area contributed by atoms with Gasteiger partial charge in [-0.15, -0.1) is 0 Å². The van der Waals surface area contributed by atoms with E-state index in [4.69, 9.17) is 42.6 Å². The Morgan fingerprint density at radius 3 is 1.18 bits per heavy atom. The summed E-state index contributed by atoms with van der Waals surface area (Å²) in [4.78, 5) is 0. The first-order valence-electron chi connectivity index (χ1n) is 22.2. The van der Waals surface area contributed by atoms with E-state index < -0.39 is 6.29 Å². The van der Waals surface area contributed by atoms with E-state index in [9.17, 15) is 5.11 Å². The maximum atomic E-state index is 10.8. The normalized spacial score (nSPS) is 53.9. The Kier molecular flexibility index (Phi) is 16.1. The van der Waals surface area contributed by atoms with Gasteiger partial charge in [-0.1, -0.05) is 83.1 Å². The van der Waals surface area contributed by atoms with Crippen molar-refractivity contribution in [2.24, 2.45) is 88.8 Å². The van der Waals surface area contributed by atoms with Gasteiger partial charge in [-0.05, 0) is 75.0 Å². The minimum Gasteiger partial charge on any atom is -0.368 e. The molecule has 11 unspecified atom stereocenters. The van der Waals surface area contributed by atoms with Gasteiger partial charge in [-0.25, -0.2) is 0 Å². The fourth-order valence-electron chi connectivity index (χ4n) is 10.2. The molecule has 5 fully saturated rings. The molecule has 55 heavy (non-hydrogen) atoms. The predicted molar refractivity (Wildman–Crippen MR) is 212 cm³/mol. The first kappa shape index (κ1) is 45.7. The molecule has 0 aromatic carbocycles. The Hall–Kier alpha value is -0.400. The van der Waals surface area contributed by atoms with Crippen molar-refractivity contribution in [3.8, 4) is 0 Å². The summed E-state index contributed by atoms with van der Waals surface area (Å²) in [6.45, 7) is 37.4. The molecule has 5 aliphatic heterocycles. The maximum absolute atomic E-state index is 10.8. The highest BCUT2D eigenvalue weighted by Gasteiger charge is 2.47. The van der Waals surface area contributed by atoms with E-state index >= 15 is 0 Å². The van der Waals surface area contributed by atoms with Crippen LogP contribution in [0.25, 0.3) is 0 Å². The lowest BCUT2D eigenvalue weighted by Crippen LogP contribution is -2.53. The minimum absolute atomic E-state index is 0.00389. The summed E-state index contributed by atoms with van der Waals surface area (Å²) < 4.78 is 58.4. The molecule has 0 amide bonds. The molecule has 322 valence electrons. The van der Waals surface area contributed by atoms with E-state index in [2.05, 4.69) is 104 Å². The minimum atomic E-state index is -0.849. The maximum Gasteiger partial charge on any atom is 0.160 e. The molecule has 0 saturated carbocycles. The van der Waals surface area contributed by atoms with Gasteiger partial charge in [0.1, 0.15) is 0 Å². The van der Waals surface area contributed by atoms with Crippen LogP contribution in [0.1, 0.15) is 111 Å². The Morgan fingerprint density at radius 1 is 0.309 bits per heavy atom. The summed E-state index contributed by atoms with van der Waals surface area (Å²) in [5.41, 5.74) is 0. The molecule has 5 saturated heterocycles. The average molecular weight is 783 g/mol. The molecule has 5 aliphatic rings. The lowest BCUT2D eigenvalue weighted by molar-refractivity contribution is -0.301. The summed E-state index contributed by atoms with van der Waals surface area (Å²) >= 11 is 0. The average Bonchev–Trinajstić information content (AvgIpc) is 3.15. The zero-order valence-electron chi connectivity index (χ0n) is 37.4. The second-order valence-electron chi connectivity index (χ2n) is 19.5. The van der Waals surface area contributed by atoms with Crippen molar-refractivity contribution in [1.29, 1.82) is 0 Å². The van der Waals surface area contributed by atoms with Gasteiger partial charge in [0.2, 0.25) is 0 Å². The van der Waals surface area contributed by atoms with Crippen LogP contribution < -0.4 is 0 Å². The number of ether oxygens (including phenoxy) is 9. The summed E-state index contributed by atoms with van der Waals surface area (Å²) in [6.07, 6.45) is -2.01. The van der Waals surface area contributed by atoms with Gasteiger partial charge < -0.3 is 47.7 Å². The van der Waals surface area contributed by atoms with E-state index in [1.807, 2.05) is 6.92 Å². The van der Waals surface area contributed by atoms with Crippen LogP contribution in [0, 0.1) is 88.8 Å². The highest BCUT2D eigenvalue weighted by Crippen LogP contribution is 2.43.